The Bertz CT molecular complexity index is 508. The van der Waals surface area contributed by atoms with E-state index in [1.807, 2.05) is 37.5 Å². The highest BCUT2D eigenvalue weighted by Crippen LogP contribution is 2.19. The van der Waals surface area contributed by atoms with Crippen molar-refractivity contribution in [3.8, 4) is 5.69 Å². The van der Waals surface area contributed by atoms with Gasteiger partial charge in [-0.1, -0.05) is 17.7 Å². The van der Waals surface area contributed by atoms with E-state index in [0.717, 1.165) is 34.7 Å². The van der Waals surface area contributed by atoms with Gasteiger partial charge in [-0.2, -0.15) is 5.10 Å². The van der Waals surface area contributed by atoms with Gasteiger partial charge in [0, 0.05) is 17.8 Å². The molecule has 0 aliphatic carbocycles. The third-order valence-corrected chi connectivity index (χ3v) is 3.09. The molecule has 3 nitrogen and oxygen atoms in total. The Balaban J connectivity index is 2.21. The molecule has 0 saturated carbocycles. The van der Waals surface area contributed by atoms with Crippen molar-refractivity contribution in [2.75, 3.05) is 6.61 Å². The maximum atomic E-state index is 8.77. The molecular formula is C13H15ClN2O. The normalized spacial score (nSPS) is 10.8. The average Bonchev–Trinajstić information content (AvgIpc) is 2.79. The molecule has 0 radical (unpaired) electrons. The number of benzene rings is 1. The van der Waals surface area contributed by atoms with E-state index in [1.165, 1.54) is 0 Å². The van der Waals surface area contributed by atoms with Crippen molar-refractivity contribution >= 4 is 11.6 Å². The zero-order valence-electron chi connectivity index (χ0n) is 9.73. The van der Waals surface area contributed by atoms with Gasteiger partial charge < -0.3 is 5.11 Å². The molecule has 4 heteroatoms. The van der Waals surface area contributed by atoms with Crippen LogP contribution in [0.1, 0.15) is 17.5 Å². The lowest BCUT2D eigenvalue weighted by Crippen LogP contribution is -1.94. The number of hydrogen-bond donors (Lipinski definition) is 1. The lowest BCUT2D eigenvalue weighted by molar-refractivity contribution is 0.288. The van der Waals surface area contributed by atoms with Crippen LogP contribution < -0.4 is 0 Å². The lowest BCUT2D eigenvalue weighted by atomic mass is 10.2. The smallest absolute Gasteiger partial charge is 0.0660 e. The molecule has 0 bridgehead atoms. The summed E-state index contributed by atoms with van der Waals surface area (Å²) in [6.07, 6.45) is 5.40. The van der Waals surface area contributed by atoms with Crippen molar-refractivity contribution in [3.05, 3.63) is 46.7 Å². The predicted molar refractivity (Wildman–Crippen MR) is 68.7 cm³/mol. The monoisotopic (exact) mass is 250 g/mol. The second kappa shape index (κ2) is 5.34. The second-order valence-electron chi connectivity index (χ2n) is 4.05. The van der Waals surface area contributed by atoms with Crippen LogP contribution in [-0.4, -0.2) is 21.5 Å². The fourth-order valence-corrected chi connectivity index (χ4v) is 1.81. The minimum Gasteiger partial charge on any atom is -0.396 e. The molecule has 17 heavy (non-hydrogen) atoms. The number of aryl methyl sites for hydroxylation is 2. The summed E-state index contributed by atoms with van der Waals surface area (Å²) in [5.41, 5.74) is 3.13. The van der Waals surface area contributed by atoms with Crippen molar-refractivity contribution < 1.29 is 5.11 Å². The Morgan fingerprint density at radius 3 is 2.94 bits per heavy atom. The van der Waals surface area contributed by atoms with Gasteiger partial charge in [0.15, 0.2) is 0 Å². The molecule has 1 aromatic carbocycles. The molecule has 0 saturated heterocycles. The number of aromatic nitrogens is 2. The van der Waals surface area contributed by atoms with Crippen molar-refractivity contribution in [1.29, 1.82) is 0 Å². The SMILES string of the molecule is Cc1ccc(-n2cc(CCCO)cn2)cc1Cl. The Morgan fingerprint density at radius 1 is 1.41 bits per heavy atom. The van der Waals surface area contributed by atoms with Gasteiger partial charge in [-0.25, -0.2) is 4.68 Å². The molecule has 1 N–H and O–H groups in total. The molecule has 0 amide bonds. The number of halogens is 1. The highest BCUT2D eigenvalue weighted by atomic mass is 35.5. The Hall–Kier alpha value is -1.32. The number of aliphatic hydroxyl groups excluding tert-OH is 1. The van der Waals surface area contributed by atoms with Gasteiger partial charge in [-0.3, -0.25) is 0 Å². The molecule has 2 aromatic rings. The van der Waals surface area contributed by atoms with E-state index in [0.29, 0.717) is 0 Å². The number of nitrogens with zero attached hydrogens (tertiary/aromatic N) is 2. The van der Waals surface area contributed by atoms with E-state index in [4.69, 9.17) is 16.7 Å². The van der Waals surface area contributed by atoms with Crippen LogP contribution in [0.5, 0.6) is 0 Å². The molecule has 0 aliphatic heterocycles. The summed E-state index contributed by atoms with van der Waals surface area (Å²) in [5.74, 6) is 0. The van der Waals surface area contributed by atoms with E-state index in [-0.39, 0.29) is 6.61 Å². The van der Waals surface area contributed by atoms with Gasteiger partial charge in [0.05, 0.1) is 11.9 Å². The van der Waals surface area contributed by atoms with Crippen molar-refractivity contribution in [2.45, 2.75) is 19.8 Å². The Labute approximate surface area is 106 Å². The molecule has 0 spiro atoms. The van der Waals surface area contributed by atoms with Crippen LogP contribution in [0.25, 0.3) is 5.69 Å². The third-order valence-electron chi connectivity index (χ3n) is 2.68. The van der Waals surface area contributed by atoms with E-state index < -0.39 is 0 Å². The Morgan fingerprint density at radius 2 is 2.24 bits per heavy atom. The summed E-state index contributed by atoms with van der Waals surface area (Å²) in [7, 11) is 0. The lowest BCUT2D eigenvalue weighted by Gasteiger charge is -2.03. The summed E-state index contributed by atoms with van der Waals surface area (Å²) >= 11 is 6.08. The van der Waals surface area contributed by atoms with Gasteiger partial charge in [-0.05, 0) is 43.0 Å². The van der Waals surface area contributed by atoms with E-state index in [9.17, 15) is 0 Å². The first-order chi connectivity index (χ1) is 8.20. The zero-order valence-corrected chi connectivity index (χ0v) is 10.5. The summed E-state index contributed by atoms with van der Waals surface area (Å²) < 4.78 is 1.80. The largest absolute Gasteiger partial charge is 0.396 e. The molecule has 2 rings (SSSR count). The minimum absolute atomic E-state index is 0.210. The van der Waals surface area contributed by atoms with Crippen LogP contribution in [-0.2, 0) is 6.42 Å². The van der Waals surface area contributed by atoms with Crippen LogP contribution in [0.2, 0.25) is 5.02 Å². The highest BCUT2D eigenvalue weighted by molar-refractivity contribution is 6.31. The van der Waals surface area contributed by atoms with E-state index in [2.05, 4.69) is 5.10 Å². The fraction of sp³-hybridized carbons (Fsp3) is 0.308. The average molecular weight is 251 g/mol. The predicted octanol–water partition coefficient (Wildman–Crippen LogP) is 2.76. The van der Waals surface area contributed by atoms with Gasteiger partial charge in [0.2, 0.25) is 0 Å². The van der Waals surface area contributed by atoms with E-state index >= 15 is 0 Å². The Kier molecular flexibility index (Phi) is 3.82. The molecule has 1 aromatic heterocycles. The molecule has 0 fully saturated rings. The first-order valence-corrected chi connectivity index (χ1v) is 5.99. The first-order valence-electron chi connectivity index (χ1n) is 5.61. The zero-order chi connectivity index (χ0) is 12.3. The molecule has 1 heterocycles. The van der Waals surface area contributed by atoms with Crippen LogP contribution in [0.4, 0.5) is 0 Å². The van der Waals surface area contributed by atoms with E-state index in [1.54, 1.807) is 4.68 Å². The number of hydrogen-bond acceptors (Lipinski definition) is 2. The quantitative estimate of drug-likeness (QED) is 0.906. The highest BCUT2D eigenvalue weighted by Gasteiger charge is 2.03. The first kappa shape index (κ1) is 12.1. The van der Waals surface area contributed by atoms with Gasteiger partial charge in [0.25, 0.3) is 0 Å². The van der Waals surface area contributed by atoms with Crippen molar-refractivity contribution in [1.82, 2.24) is 9.78 Å². The molecule has 90 valence electrons. The van der Waals surface area contributed by atoms with Gasteiger partial charge >= 0.3 is 0 Å². The van der Waals surface area contributed by atoms with Gasteiger partial charge in [0.1, 0.15) is 0 Å². The van der Waals surface area contributed by atoms with Crippen LogP contribution >= 0.6 is 11.6 Å². The standard InChI is InChI=1S/C13H15ClN2O/c1-10-4-5-12(7-13(10)14)16-9-11(8-15-16)3-2-6-17/h4-5,7-9,17H,2-3,6H2,1H3. The number of rotatable bonds is 4. The summed E-state index contributed by atoms with van der Waals surface area (Å²) in [4.78, 5) is 0. The van der Waals surface area contributed by atoms with Gasteiger partial charge in [-0.15, -0.1) is 0 Å². The molecule has 0 aliphatic rings. The second-order valence-corrected chi connectivity index (χ2v) is 4.46. The molecular weight excluding hydrogens is 236 g/mol. The fourth-order valence-electron chi connectivity index (χ4n) is 1.64. The van der Waals surface area contributed by atoms with Crippen LogP contribution in [0, 0.1) is 6.92 Å². The number of aliphatic hydroxyl groups is 1. The van der Waals surface area contributed by atoms with Crippen molar-refractivity contribution in [3.63, 3.8) is 0 Å². The topological polar surface area (TPSA) is 38.0 Å². The summed E-state index contributed by atoms with van der Waals surface area (Å²) in [6.45, 7) is 2.18. The van der Waals surface area contributed by atoms with Crippen molar-refractivity contribution in [2.24, 2.45) is 0 Å². The summed E-state index contributed by atoms with van der Waals surface area (Å²) in [6, 6.07) is 5.87. The summed E-state index contributed by atoms with van der Waals surface area (Å²) in [5, 5.41) is 13.8. The minimum atomic E-state index is 0.210. The third kappa shape index (κ3) is 2.87. The molecule has 0 unspecified atom stereocenters. The maximum Gasteiger partial charge on any atom is 0.0660 e. The van der Waals surface area contributed by atoms with Crippen LogP contribution in [0.3, 0.4) is 0 Å². The molecule has 0 atom stereocenters. The maximum absolute atomic E-state index is 8.77. The van der Waals surface area contributed by atoms with Crippen LogP contribution in [0.15, 0.2) is 30.6 Å².